The number of aliphatic hydroxyl groups excluding tert-OH is 2. The van der Waals surface area contributed by atoms with Gasteiger partial charge < -0.3 is 20.3 Å². The molecular weight excluding hydrogens is 803 g/mol. The Balaban J connectivity index is 4.68. The zero-order chi connectivity index (χ0) is 47.4. The standard InChI is InChI=1S/C59H105NO5/c1-4-7-10-13-16-19-22-25-28-30-32-35-38-41-44-47-50-55(65-59(64)52-49-46-43-40-37-34-31-29-26-23-20-17-14-11-8-5-2)53-58(63)60-56(54-61)57(62)51-48-45-42-39-36-33-27-24-21-18-15-12-9-6-3/h8,11,17,20,26,28-30,32,34-35,37,55-57,61-62H,4-7,9-10,12-16,18-19,21-25,27,31,33,36,38-54H2,1-3H3,(H,60,63)/b11-8+,20-17+,29-26+,30-28+,35-32+,37-34+. The number of nitrogens with one attached hydrogen (secondary N) is 1. The number of amides is 1. The maximum Gasteiger partial charge on any atom is 0.306 e. The van der Waals surface area contributed by atoms with Gasteiger partial charge in [0.05, 0.1) is 25.2 Å². The molecule has 0 heterocycles. The first-order valence-electron chi connectivity index (χ1n) is 27.7. The summed E-state index contributed by atoms with van der Waals surface area (Å²) < 4.78 is 5.92. The Morgan fingerprint density at radius 1 is 0.477 bits per heavy atom. The maximum atomic E-state index is 13.2. The van der Waals surface area contributed by atoms with Crippen molar-refractivity contribution in [1.29, 1.82) is 0 Å². The lowest BCUT2D eigenvalue weighted by Gasteiger charge is -2.24. The van der Waals surface area contributed by atoms with Crippen molar-refractivity contribution in [3.63, 3.8) is 0 Å². The lowest BCUT2D eigenvalue weighted by Crippen LogP contribution is -2.46. The van der Waals surface area contributed by atoms with E-state index >= 15 is 0 Å². The number of allylic oxidation sites excluding steroid dienone is 12. The van der Waals surface area contributed by atoms with Crippen LogP contribution in [0.2, 0.25) is 0 Å². The van der Waals surface area contributed by atoms with Crippen LogP contribution in [-0.4, -0.2) is 46.9 Å². The first kappa shape index (κ1) is 62.3. The van der Waals surface area contributed by atoms with Crippen molar-refractivity contribution in [3.8, 4) is 0 Å². The van der Waals surface area contributed by atoms with Gasteiger partial charge in [0, 0.05) is 6.42 Å². The number of hydrogen-bond acceptors (Lipinski definition) is 5. The summed E-state index contributed by atoms with van der Waals surface area (Å²) in [6.45, 7) is 6.36. The number of carbonyl (C=O) groups is 2. The Bertz CT molecular complexity index is 1200. The average Bonchev–Trinajstić information content (AvgIpc) is 3.30. The molecule has 0 aromatic heterocycles. The van der Waals surface area contributed by atoms with E-state index in [0.717, 1.165) is 103 Å². The highest BCUT2D eigenvalue weighted by Crippen LogP contribution is 2.17. The first-order chi connectivity index (χ1) is 32.0. The molecule has 0 aliphatic heterocycles. The summed E-state index contributed by atoms with van der Waals surface area (Å²) >= 11 is 0. The third kappa shape index (κ3) is 47.6. The zero-order valence-electron chi connectivity index (χ0n) is 42.9. The van der Waals surface area contributed by atoms with Crippen molar-refractivity contribution in [2.45, 2.75) is 283 Å². The van der Waals surface area contributed by atoms with Gasteiger partial charge in [-0.15, -0.1) is 0 Å². The van der Waals surface area contributed by atoms with Gasteiger partial charge in [-0.1, -0.05) is 235 Å². The molecule has 6 heteroatoms. The lowest BCUT2D eigenvalue weighted by molar-refractivity contribution is -0.151. The Morgan fingerprint density at radius 3 is 1.37 bits per heavy atom. The van der Waals surface area contributed by atoms with E-state index in [2.05, 4.69) is 99.0 Å². The van der Waals surface area contributed by atoms with Crippen molar-refractivity contribution in [2.24, 2.45) is 0 Å². The number of hydrogen-bond donors (Lipinski definition) is 3. The normalized spacial score (nSPS) is 13.7. The molecular formula is C59H105NO5. The molecule has 0 aliphatic carbocycles. The highest BCUT2D eigenvalue weighted by atomic mass is 16.5. The zero-order valence-corrected chi connectivity index (χ0v) is 42.9. The van der Waals surface area contributed by atoms with Crippen LogP contribution >= 0.6 is 0 Å². The number of esters is 1. The molecule has 0 aromatic rings. The van der Waals surface area contributed by atoms with Gasteiger partial charge >= 0.3 is 5.97 Å². The highest BCUT2D eigenvalue weighted by molar-refractivity contribution is 5.77. The van der Waals surface area contributed by atoms with E-state index in [1.807, 2.05) is 0 Å². The SMILES string of the molecule is CC/C=C/C/C=C/C/C=C/C/C=C/CCCCCC(=O)OC(CCCCC/C=C/C=C/CCCCCCCCC)CC(=O)NC(CO)C(O)CCCCCCCCCCCCCCCC. The molecule has 0 rings (SSSR count). The van der Waals surface area contributed by atoms with Crippen LogP contribution in [0.4, 0.5) is 0 Å². The molecule has 0 radical (unpaired) electrons. The number of ether oxygens (including phenoxy) is 1. The fraction of sp³-hybridized carbons (Fsp3) is 0.763. The second kappa shape index (κ2) is 52.3. The van der Waals surface area contributed by atoms with Crippen molar-refractivity contribution in [1.82, 2.24) is 5.32 Å². The molecule has 65 heavy (non-hydrogen) atoms. The topological polar surface area (TPSA) is 95.9 Å². The fourth-order valence-corrected chi connectivity index (χ4v) is 8.12. The molecule has 0 bridgehead atoms. The first-order valence-corrected chi connectivity index (χ1v) is 27.7. The molecule has 0 fully saturated rings. The number of aliphatic hydroxyl groups is 2. The van der Waals surface area contributed by atoms with Crippen LogP contribution < -0.4 is 5.32 Å². The third-order valence-corrected chi connectivity index (χ3v) is 12.3. The van der Waals surface area contributed by atoms with E-state index in [1.54, 1.807) is 0 Å². The third-order valence-electron chi connectivity index (χ3n) is 12.3. The predicted octanol–water partition coefficient (Wildman–Crippen LogP) is 17.0. The highest BCUT2D eigenvalue weighted by Gasteiger charge is 2.24. The number of rotatable bonds is 49. The van der Waals surface area contributed by atoms with Crippen molar-refractivity contribution < 1.29 is 24.5 Å². The molecule has 0 saturated carbocycles. The fourth-order valence-electron chi connectivity index (χ4n) is 8.12. The Labute approximate surface area is 402 Å². The van der Waals surface area contributed by atoms with E-state index < -0.39 is 18.2 Å². The van der Waals surface area contributed by atoms with Crippen molar-refractivity contribution >= 4 is 11.9 Å². The maximum absolute atomic E-state index is 13.2. The van der Waals surface area contributed by atoms with Crippen LogP contribution in [0.5, 0.6) is 0 Å². The minimum atomic E-state index is -0.804. The molecule has 0 aromatic carbocycles. The van der Waals surface area contributed by atoms with Gasteiger partial charge in [0.25, 0.3) is 0 Å². The summed E-state index contributed by atoms with van der Waals surface area (Å²) in [7, 11) is 0. The lowest BCUT2D eigenvalue weighted by atomic mass is 10.0. The number of carbonyl (C=O) groups excluding carboxylic acids is 2. The van der Waals surface area contributed by atoms with E-state index in [4.69, 9.17) is 4.74 Å². The summed E-state index contributed by atoms with van der Waals surface area (Å²) in [6.07, 6.45) is 66.8. The van der Waals surface area contributed by atoms with Crippen LogP contribution in [-0.2, 0) is 14.3 Å². The van der Waals surface area contributed by atoms with Crippen LogP contribution in [0.1, 0.15) is 265 Å². The molecule has 1 amide bonds. The van der Waals surface area contributed by atoms with Crippen LogP contribution in [0, 0.1) is 0 Å². The quantitative estimate of drug-likeness (QED) is 0.0245. The van der Waals surface area contributed by atoms with E-state index in [9.17, 15) is 19.8 Å². The van der Waals surface area contributed by atoms with Crippen molar-refractivity contribution in [3.05, 3.63) is 72.9 Å². The van der Waals surface area contributed by atoms with Crippen molar-refractivity contribution in [2.75, 3.05) is 6.61 Å². The van der Waals surface area contributed by atoms with E-state index in [0.29, 0.717) is 19.3 Å². The molecule has 0 spiro atoms. The minimum Gasteiger partial charge on any atom is -0.462 e. The molecule has 3 unspecified atom stereocenters. The average molecular weight is 908 g/mol. The summed E-state index contributed by atoms with van der Waals surface area (Å²) in [5.74, 6) is -0.535. The van der Waals surface area contributed by atoms with Gasteiger partial charge in [0.2, 0.25) is 5.91 Å². The van der Waals surface area contributed by atoms with Crippen LogP contribution in [0.3, 0.4) is 0 Å². The molecule has 0 aliphatic rings. The number of unbranched alkanes of at least 4 members (excludes halogenated alkanes) is 26. The monoisotopic (exact) mass is 908 g/mol. The van der Waals surface area contributed by atoms with Crippen LogP contribution in [0.25, 0.3) is 0 Å². The summed E-state index contributed by atoms with van der Waals surface area (Å²) in [6, 6.07) is -0.720. The van der Waals surface area contributed by atoms with E-state index in [-0.39, 0.29) is 24.9 Å². The smallest absolute Gasteiger partial charge is 0.306 e. The van der Waals surface area contributed by atoms with Gasteiger partial charge in [-0.3, -0.25) is 9.59 Å². The van der Waals surface area contributed by atoms with Gasteiger partial charge in [-0.2, -0.15) is 0 Å². The summed E-state index contributed by atoms with van der Waals surface area (Å²) in [5, 5.41) is 23.8. The molecule has 3 atom stereocenters. The molecule has 0 saturated heterocycles. The molecule has 376 valence electrons. The summed E-state index contributed by atoms with van der Waals surface area (Å²) in [4.78, 5) is 26.2. The minimum absolute atomic E-state index is 0.0447. The van der Waals surface area contributed by atoms with Gasteiger partial charge in [-0.25, -0.2) is 0 Å². The molecule has 6 nitrogen and oxygen atoms in total. The van der Waals surface area contributed by atoms with Crippen LogP contribution in [0.15, 0.2) is 72.9 Å². The Kier molecular flexibility index (Phi) is 50.1. The van der Waals surface area contributed by atoms with Gasteiger partial charge in [0.15, 0.2) is 0 Å². The second-order valence-electron chi connectivity index (χ2n) is 18.6. The largest absolute Gasteiger partial charge is 0.462 e. The second-order valence-corrected chi connectivity index (χ2v) is 18.6. The van der Waals surface area contributed by atoms with Gasteiger partial charge in [0.1, 0.15) is 6.10 Å². The summed E-state index contributed by atoms with van der Waals surface area (Å²) in [5.41, 5.74) is 0. The Hall–Kier alpha value is -2.70. The van der Waals surface area contributed by atoms with E-state index in [1.165, 1.54) is 116 Å². The predicted molar refractivity (Wildman–Crippen MR) is 282 cm³/mol. The Morgan fingerprint density at radius 2 is 0.877 bits per heavy atom. The molecule has 3 N–H and O–H groups in total. The van der Waals surface area contributed by atoms with Gasteiger partial charge in [-0.05, 0) is 89.9 Å².